The van der Waals surface area contributed by atoms with Crippen LogP contribution in [0.15, 0.2) is 157 Å². The Kier molecular flexibility index (Phi) is 17.6. The van der Waals surface area contributed by atoms with E-state index in [9.17, 15) is 19.2 Å². The summed E-state index contributed by atoms with van der Waals surface area (Å²) in [4.78, 5) is 58.1. The number of esters is 4. The minimum absolute atomic E-state index is 0.00334. The van der Waals surface area contributed by atoms with Gasteiger partial charge in [0.1, 0.15) is 18.0 Å². The zero-order valence-electron chi connectivity index (χ0n) is 53.1. The first-order chi connectivity index (χ1) is 44.6. The normalized spacial score (nSPS) is 38.6. The maximum atomic E-state index is 14.8. The predicted molar refractivity (Wildman–Crippen MR) is 334 cm³/mol. The lowest BCUT2D eigenvalue weighted by atomic mass is 9.47. The molecule has 5 aromatic carbocycles. The molecule has 0 bridgehead atoms. The van der Waals surface area contributed by atoms with Gasteiger partial charge in [-0.25, -0.2) is 19.2 Å². The number of rotatable bonds is 14. The average Bonchev–Trinajstić information content (AvgIpc) is 1.51. The first-order valence-corrected chi connectivity index (χ1v) is 33.2. The summed E-state index contributed by atoms with van der Waals surface area (Å²) in [5.74, 6) is 0.00123. The second kappa shape index (κ2) is 25.8. The molecule has 5 saturated heterocycles. The highest BCUT2D eigenvalue weighted by molar-refractivity contribution is 5.91. The summed E-state index contributed by atoms with van der Waals surface area (Å²) >= 11 is 0. The van der Waals surface area contributed by atoms with Gasteiger partial charge < -0.3 is 61.6 Å². The SMILES string of the molecule is COc1ccc(C2OCC3O[C@@H](O[C@H]4CC[C@@]5(C)C(=CC[C@H]6[C@@H]7C[C@@H]8O[C@]9(CC[C@@H](C)CO9)[C@@H](C)[C@@H]8[C@@]7(C)CC[C@@H]65)C4)C(O[C@@H]4OC(C)[C@H](OC(=O)c5ccccc5)C(OC(=O)c5ccccc5)[C@@H]4OC(=O)c4ccccc4)C(OC(=O)c4ccccc4)[C@@H]3O2)cc1. The quantitative estimate of drug-likeness (QED) is 0.0579. The van der Waals surface area contributed by atoms with Gasteiger partial charge in [-0.15, -0.1) is 0 Å². The van der Waals surface area contributed by atoms with Crippen LogP contribution in [0.25, 0.3) is 0 Å². The van der Waals surface area contributed by atoms with Crippen molar-refractivity contribution in [2.75, 3.05) is 20.3 Å². The van der Waals surface area contributed by atoms with E-state index in [2.05, 4.69) is 33.8 Å². The first-order valence-electron chi connectivity index (χ1n) is 33.2. The van der Waals surface area contributed by atoms with Crippen molar-refractivity contribution in [2.45, 2.75) is 178 Å². The number of carbonyl (C=O) groups excluding carboxylic acids is 4. The number of fused-ring (bicyclic) bond motifs is 8. The van der Waals surface area contributed by atoms with Crippen molar-refractivity contribution in [1.82, 2.24) is 0 Å². The van der Waals surface area contributed by atoms with E-state index in [0.29, 0.717) is 59.7 Å². The van der Waals surface area contributed by atoms with Crippen LogP contribution in [0, 0.1) is 46.3 Å². The lowest BCUT2D eigenvalue weighted by molar-refractivity contribution is -0.394. The summed E-state index contributed by atoms with van der Waals surface area (Å²) in [7, 11) is 1.59. The van der Waals surface area contributed by atoms with Gasteiger partial charge in [0.25, 0.3) is 0 Å². The lowest BCUT2D eigenvalue weighted by Gasteiger charge is -2.59. The van der Waals surface area contributed by atoms with Gasteiger partial charge in [-0.3, -0.25) is 0 Å². The molecule has 92 heavy (non-hydrogen) atoms. The largest absolute Gasteiger partial charge is 0.497 e. The fourth-order valence-electron chi connectivity index (χ4n) is 17.5. The summed E-state index contributed by atoms with van der Waals surface area (Å²) in [6.07, 6.45) is -3.41. The van der Waals surface area contributed by atoms with Crippen LogP contribution in [0.5, 0.6) is 5.75 Å². The van der Waals surface area contributed by atoms with Crippen LogP contribution >= 0.6 is 0 Å². The third-order valence-electron chi connectivity index (χ3n) is 22.4. The maximum absolute atomic E-state index is 14.8. The molecule has 0 amide bonds. The van der Waals surface area contributed by atoms with Crippen LogP contribution in [-0.2, 0) is 56.8 Å². The third kappa shape index (κ3) is 11.8. The van der Waals surface area contributed by atoms with Crippen molar-refractivity contribution in [2.24, 2.45) is 46.3 Å². The molecule has 5 aliphatic heterocycles. The third-order valence-corrected chi connectivity index (χ3v) is 22.4. The van der Waals surface area contributed by atoms with Gasteiger partial charge in [0.05, 0.1) is 60.9 Å². The fourth-order valence-corrected chi connectivity index (χ4v) is 17.5. The smallest absolute Gasteiger partial charge is 0.338 e. The van der Waals surface area contributed by atoms with Crippen LogP contribution in [-0.4, -0.2) is 124 Å². The highest BCUT2D eigenvalue weighted by atomic mass is 16.8. The Bertz CT molecular complexity index is 3450. The minimum Gasteiger partial charge on any atom is -0.497 e. The number of carbonyl (C=O) groups is 4. The van der Waals surface area contributed by atoms with E-state index < -0.39 is 103 Å². The summed E-state index contributed by atoms with van der Waals surface area (Å²) in [6, 6.07) is 40.9. The fraction of sp³-hybridized carbons (Fsp3) is 0.520. The van der Waals surface area contributed by atoms with Crippen molar-refractivity contribution < 1.29 is 80.8 Å². The number of allylic oxidation sites excluding steroid dienone is 1. The van der Waals surface area contributed by atoms with Gasteiger partial charge in [0.2, 0.25) is 0 Å². The predicted octanol–water partition coefficient (Wildman–Crippen LogP) is 12.6. The Morgan fingerprint density at radius 2 is 1.12 bits per heavy atom. The van der Waals surface area contributed by atoms with Crippen molar-refractivity contribution >= 4 is 23.9 Å². The highest BCUT2D eigenvalue weighted by Gasteiger charge is 2.69. The molecule has 22 atom stereocenters. The molecule has 3 saturated carbocycles. The molecule has 8 fully saturated rings. The molecule has 1 spiro atoms. The molecule has 0 radical (unpaired) electrons. The van der Waals surface area contributed by atoms with Gasteiger partial charge in [-0.1, -0.05) is 124 Å². The van der Waals surface area contributed by atoms with Gasteiger partial charge in [0.15, 0.2) is 55.2 Å². The summed E-state index contributed by atoms with van der Waals surface area (Å²) in [5.41, 5.74) is 2.94. The molecule has 17 heteroatoms. The molecular formula is C75H84O17. The van der Waals surface area contributed by atoms with Crippen molar-refractivity contribution in [1.29, 1.82) is 0 Å². The van der Waals surface area contributed by atoms with Crippen LogP contribution in [0.3, 0.4) is 0 Å². The monoisotopic (exact) mass is 1260 g/mol. The van der Waals surface area contributed by atoms with E-state index >= 15 is 0 Å². The van der Waals surface area contributed by atoms with Crippen LogP contribution in [0.4, 0.5) is 0 Å². The number of methoxy groups -OCH3 is 1. The molecular weight excluding hydrogens is 1170 g/mol. The summed E-state index contributed by atoms with van der Waals surface area (Å²) < 4.78 is 87.2. The van der Waals surface area contributed by atoms with Crippen LogP contribution in [0.1, 0.15) is 146 Å². The van der Waals surface area contributed by atoms with E-state index in [0.717, 1.165) is 51.6 Å². The zero-order chi connectivity index (χ0) is 63.5. The summed E-state index contributed by atoms with van der Waals surface area (Å²) in [5, 5.41) is 0. The topological polar surface area (TPSA) is 188 Å². The van der Waals surface area contributed by atoms with Gasteiger partial charge in [-0.2, -0.15) is 0 Å². The van der Waals surface area contributed by atoms with Gasteiger partial charge in [-0.05, 0) is 159 Å². The molecule has 0 aromatic heterocycles. The Labute approximate surface area is 537 Å². The lowest BCUT2D eigenvalue weighted by Crippen LogP contribution is -2.67. The standard InChI is InChI=1S/C75H84O17/c1-43-33-38-75(82-41-43)44(2)59-57(92-75)40-56-54-32-29-51-39-53(34-36-73(51,4)55(54)35-37-74(56,59)5)84-72-65(63(88-68(78)48-23-15-9-16-24-48)61-58(85-72)42-81-70(90-61)50-27-30-52(80-6)31-28-50)91-71-64(89-69(79)49-25-17-10-18-26-49)62(87-67(77)47-21-13-8-14-22-47)60(45(3)83-71)86-66(76)46-19-11-7-12-20-46/h7-31,43-45,53-65,70-72H,32-42H2,1-6H3/t43-,44+,45?,53+,54-,55+,56+,57+,58?,59+,60+,61-,62?,63?,64+,65?,70?,71+,72-,73+,74+,75-/m1/s1. The van der Waals surface area contributed by atoms with Crippen LogP contribution in [0.2, 0.25) is 0 Å². The molecule has 4 aliphatic carbocycles. The number of hydrogen-bond acceptors (Lipinski definition) is 17. The van der Waals surface area contributed by atoms with E-state index in [-0.39, 0.29) is 45.8 Å². The second-order valence-corrected chi connectivity index (χ2v) is 27.6. The number of ether oxygens (including phenoxy) is 13. The molecule has 0 N–H and O–H groups in total. The highest BCUT2D eigenvalue weighted by Crippen LogP contribution is 2.71. The molecule has 5 heterocycles. The Hall–Kier alpha value is -6.80. The molecule has 6 unspecified atom stereocenters. The average molecular weight is 1260 g/mol. The Balaban J connectivity index is 0.808. The molecule has 17 nitrogen and oxygen atoms in total. The second-order valence-electron chi connectivity index (χ2n) is 27.6. The Morgan fingerprint density at radius 1 is 0.543 bits per heavy atom. The molecule has 5 aromatic rings. The first kappa shape index (κ1) is 62.6. The Morgan fingerprint density at radius 3 is 1.71 bits per heavy atom. The number of hydrogen-bond donors (Lipinski definition) is 0. The van der Waals surface area contributed by atoms with Crippen molar-refractivity contribution in [3.8, 4) is 5.75 Å². The van der Waals surface area contributed by atoms with E-state index in [1.54, 1.807) is 147 Å². The van der Waals surface area contributed by atoms with Crippen LogP contribution < -0.4 is 4.74 Å². The molecule has 14 rings (SSSR count). The van der Waals surface area contributed by atoms with E-state index in [4.69, 9.17) is 61.6 Å². The maximum Gasteiger partial charge on any atom is 0.338 e. The van der Waals surface area contributed by atoms with Gasteiger partial charge in [0, 0.05) is 17.9 Å². The van der Waals surface area contributed by atoms with E-state index in [1.165, 1.54) is 5.57 Å². The van der Waals surface area contributed by atoms with Gasteiger partial charge >= 0.3 is 23.9 Å². The number of benzene rings is 5. The van der Waals surface area contributed by atoms with Crippen molar-refractivity contribution in [3.63, 3.8) is 0 Å². The zero-order valence-corrected chi connectivity index (χ0v) is 53.1. The molecule has 9 aliphatic rings. The summed E-state index contributed by atoms with van der Waals surface area (Å²) in [6.45, 7) is 12.1. The van der Waals surface area contributed by atoms with E-state index in [1.807, 2.05) is 12.1 Å². The minimum atomic E-state index is -1.67. The molecule has 486 valence electrons. The van der Waals surface area contributed by atoms with Crippen molar-refractivity contribution in [3.05, 3.63) is 185 Å².